The van der Waals surface area contributed by atoms with Gasteiger partial charge in [0.1, 0.15) is 12.3 Å². The molecule has 0 bridgehead atoms. The molecule has 1 aromatic rings. The number of carbonyl (C=O) groups is 1. The van der Waals surface area contributed by atoms with Crippen molar-refractivity contribution in [3.8, 4) is 5.75 Å². The van der Waals surface area contributed by atoms with Gasteiger partial charge in [-0.3, -0.25) is 4.79 Å². The first-order valence-corrected chi connectivity index (χ1v) is 8.53. The van der Waals surface area contributed by atoms with E-state index >= 15 is 0 Å². The molecule has 0 saturated carbocycles. The Labute approximate surface area is 168 Å². The van der Waals surface area contributed by atoms with Crippen LogP contribution in [-0.4, -0.2) is 45.2 Å². The van der Waals surface area contributed by atoms with Gasteiger partial charge in [-0.15, -0.1) is 24.0 Å². The van der Waals surface area contributed by atoms with Gasteiger partial charge in [0, 0.05) is 19.6 Å². The van der Waals surface area contributed by atoms with Crippen LogP contribution in [0.2, 0.25) is 0 Å². The van der Waals surface area contributed by atoms with Gasteiger partial charge in [0.05, 0.1) is 7.11 Å². The molecule has 0 radical (unpaired) electrons. The fraction of sp³-hybridized carbons (Fsp3) is 0.556. The van der Waals surface area contributed by atoms with Crippen molar-refractivity contribution in [2.45, 2.75) is 33.1 Å². The maximum atomic E-state index is 11.5. The van der Waals surface area contributed by atoms with E-state index in [0.717, 1.165) is 25.3 Å². The Balaban J connectivity index is 0.00000576. The van der Waals surface area contributed by atoms with Crippen LogP contribution in [0.5, 0.6) is 5.75 Å². The number of halogens is 1. The molecule has 0 aromatic heterocycles. The van der Waals surface area contributed by atoms with Crippen LogP contribution in [0.25, 0.3) is 0 Å². The van der Waals surface area contributed by atoms with Crippen molar-refractivity contribution in [3.05, 3.63) is 29.8 Å². The first kappa shape index (κ1) is 23.5. The first-order valence-electron chi connectivity index (χ1n) is 8.53. The molecule has 0 saturated heterocycles. The second-order valence-electron chi connectivity index (χ2n) is 5.54. The number of rotatable bonds is 9. The first-order chi connectivity index (χ1) is 11.6. The average Bonchev–Trinajstić information content (AvgIpc) is 2.60. The second-order valence-corrected chi connectivity index (χ2v) is 5.54. The summed E-state index contributed by atoms with van der Waals surface area (Å²) >= 11 is 0. The molecular weight excluding hydrogens is 431 g/mol. The van der Waals surface area contributed by atoms with Crippen molar-refractivity contribution in [1.29, 1.82) is 0 Å². The highest BCUT2D eigenvalue weighted by atomic mass is 127. The second kappa shape index (κ2) is 13.7. The zero-order valence-electron chi connectivity index (χ0n) is 15.6. The van der Waals surface area contributed by atoms with E-state index in [1.165, 1.54) is 5.56 Å². The van der Waals surface area contributed by atoms with Gasteiger partial charge in [-0.25, -0.2) is 4.99 Å². The van der Waals surface area contributed by atoms with Gasteiger partial charge in [-0.1, -0.05) is 19.1 Å². The molecule has 142 valence electrons. The molecule has 7 heteroatoms. The molecule has 0 aliphatic carbocycles. The monoisotopic (exact) mass is 462 g/mol. The zero-order valence-corrected chi connectivity index (χ0v) is 17.9. The molecule has 0 spiro atoms. The summed E-state index contributed by atoms with van der Waals surface area (Å²) in [5, 5.41) is 9.16. The number of likely N-dealkylation sites (N-methyl/N-ethyl adjacent to an activating group) is 1. The van der Waals surface area contributed by atoms with E-state index in [4.69, 9.17) is 4.74 Å². The lowest BCUT2D eigenvalue weighted by molar-refractivity contribution is -0.119. The van der Waals surface area contributed by atoms with Crippen molar-refractivity contribution >= 4 is 35.8 Å². The number of benzene rings is 1. The highest BCUT2D eigenvalue weighted by Crippen LogP contribution is 2.21. The van der Waals surface area contributed by atoms with E-state index < -0.39 is 0 Å². The fourth-order valence-electron chi connectivity index (χ4n) is 2.25. The summed E-state index contributed by atoms with van der Waals surface area (Å²) in [6, 6.07) is 8.16. The Morgan fingerprint density at radius 3 is 2.32 bits per heavy atom. The van der Waals surface area contributed by atoms with E-state index in [2.05, 4.69) is 40.0 Å². The largest absolute Gasteiger partial charge is 0.497 e. The van der Waals surface area contributed by atoms with Crippen LogP contribution in [0.4, 0.5) is 0 Å². The van der Waals surface area contributed by atoms with Crippen LogP contribution in [0, 0.1) is 0 Å². The molecule has 1 unspecified atom stereocenters. The smallest absolute Gasteiger partial charge is 0.241 e. The standard InChI is InChI=1S/C18H30N4O2.HI/c1-5-19-17(23)13-22-18(20-6-2)21-12-11-14(3)15-7-9-16(24-4)10-8-15;/h7-10,14H,5-6,11-13H2,1-4H3,(H,19,23)(H2,20,21,22);1H. The summed E-state index contributed by atoms with van der Waals surface area (Å²) in [6.45, 7) is 8.40. The lowest BCUT2D eigenvalue weighted by Gasteiger charge is -2.15. The topological polar surface area (TPSA) is 74.8 Å². The summed E-state index contributed by atoms with van der Waals surface area (Å²) < 4.78 is 5.18. The van der Waals surface area contributed by atoms with Crippen LogP contribution >= 0.6 is 24.0 Å². The number of aliphatic imine (C=N–C) groups is 1. The molecule has 1 atom stereocenters. The quantitative estimate of drug-likeness (QED) is 0.300. The Morgan fingerprint density at radius 1 is 1.12 bits per heavy atom. The third kappa shape index (κ3) is 9.52. The Bertz CT molecular complexity index is 520. The van der Waals surface area contributed by atoms with Gasteiger partial charge in [0.2, 0.25) is 5.91 Å². The summed E-state index contributed by atoms with van der Waals surface area (Å²) in [6.07, 6.45) is 0.970. The number of nitrogens with zero attached hydrogens (tertiary/aromatic N) is 1. The molecule has 1 rings (SSSR count). The number of hydrogen-bond donors (Lipinski definition) is 3. The van der Waals surface area contributed by atoms with Gasteiger partial charge in [0.25, 0.3) is 0 Å². The van der Waals surface area contributed by atoms with Gasteiger partial charge in [-0.05, 0) is 43.9 Å². The Kier molecular flexibility index (Phi) is 12.9. The third-order valence-electron chi connectivity index (χ3n) is 3.65. The lowest BCUT2D eigenvalue weighted by Crippen LogP contribution is -2.39. The van der Waals surface area contributed by atoms with Crippen molar-refractivity contribution < 1.29 is 9.53 Å². The van der Waals surface area contributed by atoms with Crippen molar-refractivity contribution in [3.63, 3.8) is 0 Å². The van der Waals surface area contributed by atoms with E-state index in [1.54, 1.807) is 7.11 Å². The normalized spacial score (nSPS) is 11.9. The SMILES string of the molecule is CCNC(=O)CN=C(NCC)NCCC(C)c1ccc(OC)cc1.I. The van der Waals surface area contributed by atoms with E-state index in [9.17, 15) is 4.79 Å². The molecule has 25 heavy (non-hydrogen) atoms. The zero-order chi connectivity index (χ0) is 17.8. The minimum Gasteiger partial charge on any atom is -0.497 e. The van der Waals surface area contributed by atoms with Gasteiger partial charge >= 0.3 is 0 Å². The molecule has 3 N–H and O–H groups in total. The Morgan fingerprint density at radius 2 is 1.76 bits per heavy atom. The van der Waals surface area contributed by atoms with Crippen LogP contribution in [0.3, 0.4) is 0 Å². The predicted molar refractivity (Wildman–Crippen MR) is 114 cm³/mol. The van der Waals surface area contributed by atoms with Crippen LogP contribution in [0.15, 0.2) is 29.3 Å². The molecular formula is C18H31IN4O2. The number of guanidine groups is 1. The molecule has 0 aliphatic rings. The molecule has 0 fully saturated rings. The lowest BCUT2D eigenvalue weighted by atomic mass is 9.98. The molecule has 0 aliphatic heterocycles. The van der Waals surface area contributed by atoms with Crippen molar-refractivity contribution in [2.24, 2.45) is 4.99 Å². The highest BCUT2D eigenvalue weighted by Gasteiger charge is 2.07. The summed E-state index contributed by atoms with van der Waals surface area (Å²) in [4.78, 5) is 15.8. The fourth-order valence-corrected chi connectivity index (χ4v) is 2.25. The molecule has 6 nitrogen and oxygen atoms in total. The van der Waals surface area contributed by atoms with Crippen LogP contribution in [-0.2, 0) is 4.79 Å². The minimum absolute atomic E-state index is 0. The average molecular weight is 462 g/mol. The predicted octanol–water partition coefficient (Wildman–Crippen LogP) is 2.50. The number of ether oxygens (including phenoxy) is 1. The number of nitrogens with one attached hydrogen (secondary N) is 3. The Hall–Kier alpha value is -1.51. The van der Waals surface area contributed by atoms with Crippen molar-refractivity contribution in [2.75, 3.05) is 33.3 Å². The maximum absolute atomic E-state index is 11.5. The molecule has 0 heterocycles. The molecule has 1 amide bonds. The van der Waals surface area contributed by atoms with E-state index in [0.29, 0.717) is 18.4 Å². The minimum atomic E-state index is -0.0682. The highest BCUT2D eigenvalue weighted by molar-refractivity contribution is 14.0. The van der Waals surface area contributed by atoms with Crippen LogP contribution in [0.1, 0.15) is 38.7 Å². The summed E-state index contributed by atoms with van der Waals surface area (Å²) in [7, 11) is 1.67. The summed E-state index contributed by atoms with van der Waals surface area (Å²) in [5.74, 6) is 1.90. The van der Waals surface area contributed by atoms with E-state index in [1.807, 2.05) is 26.0 Å². The van der Waals surface area contributed by atoms with Gasteiger partial charge in [0.15, 0.2) is 5.96 Å². The number of methoxy groups -OCH3 is 1. The number of carbonyl (C=O) groups excluding carboxylic acids is 1. The molecule has 1 aromatic carbocycles. The number of amides is 1. The van der Waals surface area contributed by atoms with Gasteiger partial charge < -0.3 is 20.7 Å². The van der Waals surface area contributed by atoms with Gasteiger partial charge in [-0.2, -0.15) is 0 Å². The van der Waals surface area contributed by atoms with E-state index in [-0.39, 0.29) is 36.4 Å². The van der Waals surface area contributed by atoms with Crippen molar-refractivity contribution in [1.82, 2.24) is 16.0 Å². The maximum Gasteiger partial charge on any atom is 0.241 e. The van der Waals surface area contributed by atoms with Crippen LogP contribution < -0.4 is 20.7 Å². The third-order valence-corrected chi connectivity index (χ3v) is 3.65. The summed E-state index contributed by atoms with van der Waals surface area (Å²) in [5.41, 5.74) is 1.28. The number of hydrogen-bond acceptors (Lipinski definition) is 3.